The highest BCUT2D eigenvalue weighted by atomic mass is 32.2. The molecule has 2 aliphatic heterocycles. The third-order valence-corrected chi connectivity index (χ3v) is 6.44. The number of fused-ring (bicyclic) bond motifs is 5. The minimum Gasteiger partial charge on any atom is -0.313 e. The van der Waals surface area contributed by atoms with Crippen molar-refractivity contribution in [3.05, 3.63) is 64.8 Å². The van der Waals surface area contributed by atoms with Crippen LogP contribution in [0.3, 0.4) is 0 Å². The van der Waals surface area contributed by atoms with Crippen LogP contribution in [0.25, 0.3) is 16.6 Å². The molecule has 0 bridgehead atoms. The summed E-state index contributed by atoms with van der Waals surface area (Å²) in [5.74, 6) is 0.977. The SMILES string of the molecule is CS(=O)(=O)O.c1ccc2c(c1)CCc1cccc3c4c(n-2c13)CCN(CC1CC1)C4. The Morgan fingerprint density at radius 3 is 2.47 bits per heavy atom. The maximum atomic E-state index is 9.19. The number of benzene rings is 2. The van der Waals surface area contributed by atoms with Gasteiger partial charge in [0.15, 0.2) is 0 Å². The average Bonchev–Trinajstić information content (AvgIpc) is 3.47. The van der Waals surface area contributed by atoms with Gasteiger partial charge in [0, 0.05) is 42.8 Å². The highest BCUT2D eigenvalue weighted by Gasteiger charge is 2.30. The van der Waals surface area contributed by atoms with Gasteiger partial charge in [-0.3, -0.25) is 9.45 Å². The van der Waals surface area contributed by atoms with Crippen LogP contribution in [0.1, 0.15) is 35.2 Å². The lowest BCUT2D eigenvalue weighted by Crippen LogP contribution is -2.32. The topological polar surface area (TPSA) is 62.5 Å². The molecule has 0 unspecified atom stereocenters. The van der Waals surface area contributed by atoms with Crippen LogP contribution in [0.4, 0.5) is 0 Å². The molecule has 6 heteroatoms. The van der Waals surface area contributed by atoms with Crippen molar-refractivity contribution in [1.82, 2.24) is 9.47 Å². The fraction of sp³-hybridized carbons (Fsp3) is 0.417. The van der Waals surface area contributed by atoms with Gasteiger partial charge in [0.05, 0.1) is 11.8 Å². The summed E-state index contributed by atoms with van der Waals surface area (Å²) in [7, 11) is -3.67. The third kappa shape index (κ3) is 3.92. The maximum Gasteiger partial charge on any atom is 0.261 e. The summed E-state index contributed by atoms with van der Waals surface area (Å²) in [5.41, 5.74) is 9.11. The van der Waals surface area contributed by atoms with Gasteiger partial charge in [-0.15, -0.1) is 0 Å². The van der Waals surface area contributed by atoms with Crippen LogP contribution in [0.15, 0.2) is 42.5 Å². The first-order valence-corrected chi connectivity index (χ1v) is 12.6. The van der Waals surface area contributed by atoms with Gasteiger partial charge in [0.25, 0.3) is 10.1 Å². The Morgan fingerprint density at radius 2 is 1.70 bits per heavy atom. The molecule has 1 aliphatic carbocycles. The molecule has 2 aromatic carbocycles. The molecule has 3 aromatic rings. The first kappa shape index (κ1) is 19.8. The fourth-order valence-corrected chi connectivity index (χ4v) is 5.03. The highest BCUT2D eigenvalue weighted by molar-refractivity contribution is 7.85. The van der Waals surface area contributed by atoms with Crippen molar-refractivity contribution in [2.75, 3.05) is 19.3 Å². The van der Waals surface area contributed by atoms with Gasteiger partial charge in [-0.1, -0.05) is 36.4 Å². The Labute approximate surface area is 178 Å². The van der Waals surface area contributed by atoms with Crippen LogP contribution in [0, 0.1) is 5.92 Å². The van der Waals surface area contributed by atoms with E-state index in [2.05, 4.69) is 51.9 Å². The van der Waals surface area contributed by atoms with E-state index in [1.807, 2.05) is 0 Å². The molecule has 1 N–H and O–H groups in total. The molecule has 0 atom stereocenters. The molecule has 1 fully saturated rings. The predicted octanol–water partition coefficient (Wildman–Crippen LogP) is 4.00. The minimum atomic E-state index is -3.67. The van der Waals surface area contributed by atoms with Gasteiger partial charge in [0.2, 0.25) is 0 Å². The zero-order valence-corrected chi connectivity index (χ0v) is 18.2. The largest absolute Gasteiger partial charge is 0.313 e. The van der Waals surface area contributed by atoms with Crippen molar-refractivity contribution >= 4 is 21.0 Å². The average molecular weight is 425 g/mol. The van der Waals surface area contributed by atoms with E-state index in [9.17, 15) is 8.42 Å². The number of hydrogen-bond acceptors (Lipinski definition) is 3. The molecule has 1 aromatic heterocycles. The van der Waals surface area contributed by atoms with E-state index in [1.54, 1.807) is 11.3 Å². The molecule has 3 heterocycles. The lowest BCUT2D eigenvalue weighted by atomic mass is 9.99. The predicted molar refractivity (Wildman–Crippen MR) is 120 cm³/mol. The van der Waals surface area contributed by atoms with Gasteiger partial charge in [0.1, 0.15) is 0 Å². The molecule has 6 rings (SSSR count). The van der Waals surface area contributed by atoms with E-state index in [0.29, 0.717) is 6.26 Å². The van der Waals surface area contributed by atoms with E-state index >= 15 is 0 Å². The van der Waals surface area contributed by atoms with Gasteiger partial charge < -0.3 is 4.57 Å². The zero-order valence-electron chi connectivity index (χ0n) is 17.3. The molecule has 0 saturated heterocycles. The molecule has 0 radical (unpaired) electrons. The van der Waals surface area contributed by atoms with Crippen molar-refractivity contribution in [1.29, 1.82) is 0 Å². The number of nitrogens with zero attached hydrogens (tertiary/aromatic N) is 2. The van der Waals surface area contributed by atoms with Gasteiger partial charge in [-0.05, 0) is 54.4 Å². The number of hydrogen-bond donors (Lipinski definition) is 1. The molecular formula is C24H28N2O3S. The van der Waals surface area contributed by atoms with Crippen molar-refractivity contribution in [3.8, 4) is 5.69 Å². The van der Waals surface area contributed by atoms with Crippen LogP contribution in [0.5, 0.6) is 0 Å². The Morgan fingerprint density at radius 1 is 1.00 bits per heavy atom. The van der Waals surface area contributed by atoms with Crippen LogP contribution in [0.2, 0.25) is 0 Å². The molecule has 0 spiro atoms. The lowest BCUT2D eigenvalue weighted by Gasteiger charge is -2.28. The first-order chi connectivity index (χ1) is 14.4. The van der Waals surface area contributed by atoms with E-state index < -0.39 is 10.1 Å². The number of rotatable bonds is 2. The monoisotopic (exact) mass is 424 g/mol. The summed E-state index contributed by atoms with van der Waals surface area (Å²) in [6, 6.07) is 16.0. The number of aryl methyl sites for hydroxylation is 2. The van der Waals surface area contributed by atoms with Crippen molar-refractivity contribution in [2.45, 2.75) is 38.6 Å². The van der Waals surface area contributed by atoms with E-state index in [-0.39, 0.29) is 0 Å². The Balaban J connectivity index is 0.000000349. The number of aromatic nitrogens is 1. The highest BCUT2D eigenvalue weighted by Crippen LogP contribution is 2.39. The third-order valence-electron chi connectivity index (χ3n) is 6.44. The second-order valence-electron chi connectivity index (χ2n) is 8.86. The lowest BCUT2D eigenvalue weighted by molar-refractivity contribution is 0.243. The number of para-hydroxylation sites is 2. The Bertz CT molecular complexity index is 1200. The van der Waals surface area contributed by atoms with Crippen molar-refractivity contribution in [2.24, 2.45) is 5.92 Å². The molecular weight excluding hydrogens is 396 g/mol. The molecule has 5 nitrogen and oxygen atoms in total. The minimum absolute atomic E-state index is 0.715. The van der Waals surface area contributed by atoms with Crippen LogP contribution in [-0.2, 0) is 35.9 Å². The normalized spacial score (nSPS) is 18.2. The van der Waals surface area contributed by atoms with Gasteiger partial charge in [-0.25, -0.2) is 0 Å². The zero-order chi connectivity index (χ0) is 20.9. The van der Waals surface area contributed by atoms with Crippen molar-refractivity contribution < 1.29 is 13.0 Å². The summed E-state index contributed by atoms with van der Waals surface area (Å²) >= 11 is 0. The summed E-state index contributed by atoms with van der Waals surface area (Å²) in [6.45, 7) is 3.67. The maximum absolute atomic E-state index is 9.19. The van der Waals surface area contributed by atoms with E-state index in [4.69, 9.17) is 4.55 Å². The molecule has 30 heavy (non-hydrogen) atoms. The van der Waals surface area contributed by atoms with Crippen molar-refractivity contribution in [3.63, 3.8) is 0 Å². The Hall–Kier alpha value is -2.15. The smallest absolute Gasteiger partial charge is 0.261 e. The van der Waals surface area contributed by atoms with Gasteiger partial charge in [-0.2, -0.15) is 8.42 Å². The van der Waals surface area contributed by atoms with E-state index in [1.165, 1.54) is 60.1 Å². The second kappa shape index (κ2) is 7.52. The van der Waals surface area contributed by atoms with Gasteiger partial charge >= 0.3 is 0 Å². The summed E-state index contributed by atoms with van der Waals surface area (Å²) < 4.78 is 28.5. The molecule has 158 valence electrons. The van der Waals surface area contributed by atoms with Crippen LogP contribution in [-0.4, -0.2) is 41.8 Å². The quantitative estimate of drug-likeness (QED) is 0.632. The first-order valence-electron chi connectivity index (χ1n) is 10.8. The van der Waals surface area contributed by atoms with Crippen LogP contribution >= 0.6 is 0 Å². The van der Waals surface area contributed by atoms with Crippen LogP contribution < -0.4 is 0 Å². The fourth-order valence-electron chi connectivity index (χ4n) is 5.03. The summed E-state index contributed by atoms with van der Waals surface area (Å²) in [4.78, 5) is 2.70. The molecule has 3 aliphatic rings. The molecule has 1 saturated carbocycles. The van der Waals surface area contributed by atoms with E-state index in [0.717, 1.165) is 25.3 Å². The summed E-state index contributed by atoms with van der Waals surface area (Å²) in [5, 5.41) is 1.50. The molecule has 0 amide bonds. The summed E-state index contributed by atoms with van der Waals surface area (Å²) in [6.07, 6.45) is 7.10. The second-order valence-corrected chi connectivity index (χ2v) is 10.3. The Kier molecular flexibility index (Phi) is 4.96. The standard InChI is InChI=1S/C23H24N2.CH4O3S/c1-2-7-21-17(4-1)10-11-18-5-3-6-19-20-15-24(14-16-8-9-16)13-12-22(20)25(21)23(18)19;1-5(2,3)4/h1-7,16H,8-15H2;1H3,(H,2,3,4).